The van der Waals surface area contributed by atoms with Crippen molar-refractivity contribution in [1.82, 2.24) is 0 Å². The minimum atomic E-state index is 0.715. The van der Waals surface area contributed by atoms with Crippen LogP contribution in [-0.4, -0.2) is 26.2 Å². The topological polar surface area (TPSA) is 53.5 Å². The molecule has 5 heteroatoms. The van der Waals surface area contributed by atoms with Gasteiger partial charge in [0.2, 0.25) is 0 Å². The van der Waals surface area contributed by atoms with Crippen molar-refractivity contribution in [2.75, 3.05) is 26.2 Å². The largest absolute Gasteiger partial charge is 0.492 e. The Hall–Kier alpha value is -0.290. The molecule has 1 rings (SSSR count). The molecule has 1 aromatic rings. The highest BCUT2D eigenvalue weighted by molar-refractivity contribution is 9.10. The molecule has 5 N–H and O–H groups in total. The van der Waals surface area contributed by atoms with Crippen molar-refractivity contribution in [2.24, 2.45) is 0 Å². The molecule has 0 unspecified atom stereocenters. The minimum absolute atomic E-state index is 0.715. The third kappa shape index (κ3) is 6.27. The number of hydrogen-bond acceptors (Lipinski definition) is 1. The van der Waals surface area contributed by atoms with E-state index in [0.717, 1.165) is 42.9 Å². The average molecular weight is 324 g/mol. The van der Waals surface area contributed by atoms with Crippen LogP contribution < -0.4 is 15.8 Å². The lowest BCUT2D eigenvalue weighted by Gasteiger charge is -2.07. The van der Waals surface area contributed by atoms with Crippen LogP contribution >= 0.6 is 27.5 Å². The van der Waals surface area contributed by atoms with Gasteiger partial charge in [0, 0.05) is 5.02 Å². The van der Waals surface area contributed by atoms with E-state index in [2.05, 4.69) is 27.0 Å². The van der Waals surface area contributed by atoms with E-state index in [1.54, 1.807) is 0 Å². The zero-order valence-electron chi connectivity index (χ0n) is 9.92. The van der Waals surface area contributed by atoms with Crippen LogP contribution in [0.4, 0.5) is 0 Å². The van der Waals surface area contributed by atoms with Gasteiger partial charge in [-0.1, -0.05) is 11.6 Å². The molecule has 0 aliphatic rings. The van der Waals surface area contributed by atoms with Gasteiger partial charge in [-0.3, -0.25) is 0 Å². The van der Waals surface area contributed by atoms with Crippen LogP contribution in [-0.2, 0) is 0 Å². The van der Waals surface area contributed by atoms with Gasteiger partial charge in [-0.2, -0.15) is 0 Å². The van der Waals surface area contributed by atoms with Gasteiger partial charge in [0.15, 0.2) is 0 Å². The number of hydrogen-bond donors (Lipinski definition) is 2. The first kappa shape index (κ1) is 14.8. The number of ether oxygens (including phenoxy) is 1. The summed E-state index contributed by atoms with van der Waals surface area (Å²) in [5.41, 5.74) is 3.80. The van der Waals surface area contributed by atoms with Crippen LogP contribution in [0.25, 0.3) is 0 Å². The molecular weight excluding hydrogens is 304 g/mol. The van der Waals surface area contributed by atoms with Crippen molar-refractivity contribution in [3.8, 4) is 5.75 Å². The molecular formula is C12H20BrClN2O+2. The third-order valence-electron chi connectivity index (χ3n) is 2.36. The van der Waals surface area contributed by atoms with E-state index >= 15 is 0 Å². The van der Waals surface area contributed by atoms with Crippen molar-refractivity contribution in [2.45, 2.75) is 12.8 Å². The second kappa shape index (κ2) is 8.75. The van der Waals surface area contributed by atoms with E-state index in [9.17, 15) is 0 Å². The fourth-order valence-corrected chi connectivity index (χ4v) is 2.25. The highest BCUT2D eigenvalue weighted by Crippen LogP contribution is 2.27. The van der Waals surface area contributed by atoms with Gasteiger partial charge < -0.3 is 15.8 Å². The van der Waals surface area contributed by atoms with Crippen LogP contribution in [0.15, 0.2) is 22.7 Å². The number of unbranched alkanes of at least 4 members (excludes halogenated alkanes) is 1. The predicted molar refractivity (Wildman–Crippen MR) is 73.3 cm³/mol. The van der Waals surface area contributed by atoms with Crippen molar-refractivity contribution in [3.05, 3.63) is 27.7 Å². The second-order valence-corrected chi connectivity index (χ2v) is 5.14. The molecule has 0 amide bonds. The molecule has 3 nitrogen and oxygen atoms in total. The van der Waals surface area contributed by atoms with Gasteiger partial charge in [-0.15, -0.1) is 0 Å². The van der Waals surface area contributed by atoms with Crippen molar-refractivity contribution < 1.29 is 15.8 Å². The molecule has 0 spiro atoms. The van der Waals surface area contributed by atoms with E-state index in [0.29, 0.717) is 5.02 Å². The summed E-state index contributed by atoms with van der Waals surface area (Å²) in [5.74, 6) is 0.858. The first-order valence-electron chi connectivity index (χ1n) is 5.93. The fourth-order valence-electron chi connectivity index (χ4n) is 1.45. The molecule has 1 aromatic carbocycles. The maximum atomic E-state index is 5.85. The average Bonchev–Trinajstić information content (AvgIpc) is 2.30. The molecule has 0 aliphatic carbocycles. The Morgan fingerprint density at radius 3 is 2.82 bits per heavy atom. The zero-order valence-corrected chi connectivity index (χ0v) is 12.3. The van der Waals surface area contributed by atoms with Crippen LogP contribution in [0.1, 0.15) is 12.8 Å². The maximum Gasteiger partial charge on any atom is 0.133 e. The van der Waals surface area contributed by atoms with Crippen molar-refractivity contribution in [1.29, 1.82) is 0 Å². The summed E-state index contributed by atoms with van der Waals surface area (Å²) < 4.78 is 6.58. The van der Waals surface area contributed by atoms with E-state index < -0.39 is 0 Å². The Balaban J connectivity index is 2.14. The predicted octanol–water partition coefficient (Wildman–Crippen LogP) is 1.07. The Bertz CT molecular complexity index is 336. The number of rotatable bonds is 8. The minimum Gasteiger partial charge on any atom is -0.492 e. The molecule has 0 fully saturated rings. The molecule has 0 atom stereocenters. The molecule has 0 heterocycles. The van der Waals surface area contributed by atoms with Crippen LogP contribution in [0.3, 0.4) is 0 Å². The van der Waals surface area contributed by atoms with Gasteiger partial charge in [-0.05, 0) is 47.0 Å². The van der Waals surface area contributed by atoms with Crippen molar-refractivity contribution >= 4 is 27.5 Å². The van der Waals surface area contributed by atoms with E-state index in [4.69, 9.17) is 16.3 Å². The maximum absolute atomic E-state index is 5.85. The lowest BCUT2D eigenvalue weighted by Crippen LogP contribution is -2.88. The highest BCUT2D eigenvalue weighted by atomic mass is 79.9. The number of halogens is 2. The van der Waals surface area contributed by atoms with Gasteiger partial charge >= 0.3 is 0 Å². The zero-order chi connectivity index (χ0) is 12.5. The van der Waals surface area contributed by atoms with Gasteiger partial charge in [0.25, 0.3) is 0 Å². The van der Waals surface area contributed by atoms with Gasteiger partial charge in [0.05, 0.1) is 17.6 Å². The van der Waals surface area contributed by atoms with E-state index in [1.807, 2.05) is 18.2 Å². The number of benzene rings is 1. The quantitative estimate of drug-likeness (QED) is 0.691. The molecule has 17 heavy (non-hydrogen) atoms. The first-order valence-corrected chi connectivity index (χ1v) is 7.10. The summed E-state index contributed by atoms with van der Waals surface area (Å²) in [7, 11) is 0. The fraction of sp³-hybridized carbons (Fsp3) is 0.500. The molecule has 0 bridgehead atoms. The van der Waals surface area contributed by atoms with Crippen LogP contribution in [0, 0.1) is 0 Å². The monoisotopic (exact) mass is 322 g/mol. The van der Waals surface area contributed by atoms with Crippen molar-refractivity contribution in [3.63, 3.8) is 0 Å². The first-order chi connectivity index (χ1) is 8.24. The van der Waals surface area contributed by atoms with Crippen LogP contribution in [0.2, 0.25) is 5.02 Å². The standard InChI is InChI=1S/C12H18BrClN2O/c13-11-9-10(14)3-4-12(11)17-8-2-1-6-16-7-5-15/h3-4,9,16H,1-2,5-8,15H2/p+2. The summed E-state index contributed by atoms with van der Waals surface area (Å²) in [6, 6.07) is 5.57. The molecule has 0 aliphatic heterocycles. The summed E-state index contributed by atoms with van der Waals surface area (Å²) >= 11 is 9.28. The summed E-state index contributed by atoms with van der Waals surface area (Å²) in [6.07, 6.45) is 2.24. The lowest BCUT2D eigenvalue weighted by atomic mass is 10.3. The molecule has 0 aromatic heterocycles. The Labute approximate surface area is 116 Å². The smallest absolute Gasteiger partial charge is 0.133 e. The Kier molecular flexibility index (Phi) is 7.60. The second-order valence-electron chi connectivity index (χ2n) is 3.85. The number of nitrogens with two attached hydrogens (primary N) is 1. The lowest BCUT2D eigenvalue weighted by molar-refractivity contribution is -0.670. The van der Waals surface area contributed by atoms with E-state index in [-0.39, 0.29) is 0 Å². The van der Waals surface area contributed by atoms with E-state index in [1.165, 1.54) is 6.42 Å². The molecule has 0 radical (unpaired) electrons. The normalized spacial score (nSPS) is 10.5. The Morgan fingerprint density at radius 1 is 1.29 bits per heavy atom. The molecule has 0 saturated heterocycles. The summed E-state index contributed by atoms with van der Waals surface area (Å²) in [6.45, 7) is 4.01. The third-order valence-corrected chi connectivity index (χ3v) is 3.22. The molecule has 96 valence electrons. The van der Waals surface area contributed by atoms with Crippen LogP contribution in [0.5, 0.6) is 5.75 Å². The Morgan fingerprint density at radius 2 is 2.12 bits per heavy atom. The number of quaternary nitrogens is 2. The summed E-state index contributed by atoms with van der Waals surface area (Å²) in [5, 5.41) is 3.01. The van der Waals surface area contributed by atoms with Gasteiger partial charge in [-0.25, -0.2) is 0 Å². The molecule has 0 saturated carbocycles. The van der Waals surface area contributed by atoms with Gasteiger partial charge in [0.1, 0.15) is 18.8 Å². The SMILES string of the molecule is [NH3+]CC[NH2+]CCCCOc1ccc(Cl)cc1Br. The summed E-state index contributed by atoms with van der Waals surface area (Å²) in [4.78, 5) is 0. The highest BCUT2D eigenvalue weighted by Gasteiger charge is 2.01.